The van der Waals surface area contributed by atoms with Crippen LogP contribution in [0.2, 0.25) is 0 Å². The van der Waals surface area contributed by atoms with Gasteiger partial charge in [-0.15, -0.1) is 0 Å². The lowest BCUT2D eigenvalue weighted by atomic mass is 10.0. The minimum atomic E-state index is 0.0667. The largest absolute Gasteiger partial charge is 0.357 e. The molecule has 1 aliphatic rings. The van der Waals surface area contributed by atoms with Crippen LogP contribution in [0.5, 0.6) is 0 Å². The van der Waals surface area contributed by atoms with Gasteiger partial charge in [0.05, 0.1) is 0 Å². The Hall–Kier alpha value is -1.13. The van der Waals surface area contributed by atoms with Gasteiger partial charge in [-0.05, 0) is 44.0 Å². The van der Waals surface area contributed by atoms with Crippen molar-refractivity contribution < 1.29 is 0 Å². The van der Waals surface area contributed by atoms with Crippen molar-refractivity contribution in [1.29, 1.82) is 0 Å². The molecule has 0 radical (unpaired) electrons. The molecule has 19 heavy (non-hydrogen) atoms. The summed E-state index contributed by atoms with van der Waals surface area (Å²) >= 11 is 0. The van der Waals surface area contributed by atoms with Crippen LogP contribution in [0.15, 0.2) is 18.3 Å². The van der Waals surface area contributed by atoms with Crippen molar-refractivity contribution in [3.05, 3.63) is 23.9 Å². The number of hydrogen-bond acceptors (Lipinski definition) is 4. The summed E-state index contributed by atoms with van der Waals surface area (Å²) in [5.74, 6) is 1.05. The van der Waals surface area contributed by atoms with Crippen molar-refractivity contribution in [2.45, 2.75) is 38.8 Å². The molecule has 1 aliphatic heterocycles. The van der Waals surface area contributed by atoms with Crippen molar-refractivity contribution in [1.82, 2.24) is 9.88 Å². The first kappa shape index (κ1) is 14.3. The van der Waals surface area contributed by atoms with Crippen LogP contribution in [-0.4, -0.2) is 42.6 Å². The van der Waals surface area contributed by atoms with Gasteiger partial charge in [0.15, 0.2) is 0 Å². The van der Waals surface area contributed by atoms with Crippen LogP contribution < -0.4 is 10.6 Å². The number of likely N-dealkylation sites (tertiary alicyclic amines) is 1. The first-order chi connectivity index (χ1) is 9.11. The fourth-order valence-corrected chi connectivity index (χ4v) is 2.72. The molecule has 4 nitrogen and oxygen atoms in total. The van der Waals surface area contributed by atoms with Crippen LogP contribution in [0.4, 0.5) is 5.82 Å². The van der Waals surface area contributed by atoms with Gasteiger partial charge in [0.25, 0.3) is 0 Å². The smallest absolute Gasteiger partial charge is 0.128 e. The maximum absolute atomic E-state index is 5.94. The van der Waals surface area contributed by atoms with E-state index < -0.39 is 0 Å². The molecule has 0 aliphatic carbocycles. The standard InChI is InChI=1S/C15H26N4/c1-4-19-9-6-14(7-10-19)18(3)15-11-13(12(2)16)5-8-17-15/h5,8,11-12,14H,4,6-7,9-10,16H2,1-3H3/t12-/m0/s1. The highest BCUT2D eigenvalue weighted by Crippen LogP contribution is 2.22. The SMILES string of the molecule is CCN1CCC(N(C)c2cc([C@H](C)N)ccn2)CC1. The predicted molar refractivity (Wildman–Crippen MR) is 80.4 cm³/mol. The third-order valence-electron chi connectivity index (χ3n) is 4.21. The molecule has 1 aromatic rings. The molecule has 0 aromatic carbocycles. The van der Waals surface area contributed by atoms with Gasteiger partial charge in [-0.25, -0.2) is 4.98 Å². The Balaban J connectivity index is 2.03. The number of aromatic nitrogens is 1. The molecule has 0 saturated carbocycles. The maximum atomic E-state index is 5.94. The quantitative estimate of drug-likeness (QED) is 0.902. The highest BCUT2D eigenvalue weighted by atomic mass is 15.2. The highest BCUT2D eigenvalue weighted by molar-refractivity contribution is 5.42. The first-order valence-electron chi connectivity index (χ1n) is 7.28. The van der Waals surface area contributed by atoms with Gasteiger partial charge >= 0.3 is 0 Å². The molecule has 1 fully saturated rings. The summed E-state index contributed by atoms with van der Waals surface area (Å²) in [5.41, 5.74) is 7.10. The molecule has 1 aromatic heterocycles. The first-order valence-corrected chi connectivity index (χ1v) is 7.28. The van der Waals surface area contributed by atoms with Crippen LogP contribution in [-0.2, 0) is 0 Å². The molecule has 2 rings (SSSR count). The molecule has 106 valence electrons. The van der Waals surface area contributed by atoms with Crippen LogP contribution >= 0.6 is 0 Å². The van der Waals surface area contributed by atoms with E-state index in [-0.39, 0.29) is 6.04 Å². The Labute approximate surface area is 116 Å². The van der Waals surface area contributed by atoms with Gasteiger partial charge in [-0.1, -0.05) is 6.92 Å². The summed E-state index contributed by atoms with van der Waals surface area (Å²) in [6.45, 7) is 7.79. The molecule has 4 heteroatoms. The van der Waals surface area contributed by atoms with Crippen LogP contribution in [0.25, 0.3) is 0 Å². The Bertz CT molecular complexity index is 397. The van der Waals surface area contributed by atoms with Gasteiger partial charge in [0.2, 0.25) is 0 Å². The van der Waals surface area contributed by atoms with Gasteiger partial charge in [0.1, 0.15) is 5.82 Å². The van der Waals surface area contributed by atoms with Crippen molar-refractivity contribution in [2.24, 2.45) is 5.73 Å². The molecule has 2 N–H and O–H groups in total. The summed E-state index contributed by atoms with van der Waals surface area (Å²) in [5, 5.41) is 0. The second-order valence-corrected chi connectivity index (χ2v) is 5.51. The minimum Gasteiger partial charge on any atom is -0.357 e. The highest BCUT2D eigenvalue weighted by Gasteiger charge is 2.22. The molecule has 2 heterocycles. The number of rotatable bonds is 4. The van der Waals surface area contributed by atoms with E-state index in [9.17, 15) is 0 Å². The maximum Gasteiger partial charge on any atom is 0.128 e. The second kappa shape index (κ2) is 6.35. The lowest BCUT2D eigenvalue weighted by molar-refractivity contribution is 0.220. The lowest BCUT2D eigenvalue weighted by Crippen LogP contribution is -2.43. The average Bonchev–Trinajstić information content (AvgIpc) is 2.46. The van der Waals surface area contributed by atoms with Gasteiger partial charge < -0.3 is 15.5 Å². The second-order valence-electron chi connectivity index (χ2n) is 5.51. The summed E-state index contributed by atoms with van der Waals surface area (Å²) < 4.78 is 0. The summed E-state index contributed by atoms with van der Waals surface area (Å²) in [7, 11) is 2.15. The molecule has 0 bridgehead atoms. The number of hydrogen-bond donors (Lipinski definition) is 1. The van der Waals surface area contributed by atoms with Gasteiger partial charge in [0, 0.05) is 38.4 Å². The zero-order chi connectivity index (χ0) is 13.8. The van der Waals surface area contributed by atoms with E-state index in [0.717, 1.165) is 17.9 Å². The van der Waals surface area contributed by atoms with Crippen LogP contribution in [0.1, 0.15) is 38.3 Å². The van der Waals surface area contributed by atoms with Crippen molar-refractivity contribution in [3.8, 4) is 0 Å². The predicted octanol–water partition coefficient (Wildman–Crippen LogP) is 2.02. The van der Waals surface area contributed by atoms with E-state index in [2.05, 4.69) is 34.8 Å². The zero-order valence-corrected chi connectivity index (χ0v) is 12.3. The average molecular weight is 262 g/mol. The lowest BCUT2D eigenvalue weighted by Gasteiger charge is -2.37. The van der Waals surface area contributed by atoms with E-state index in [4.69, 9.17) is 5.73 Å². The number of nitrogens with zero attached hydrogens (tertiary/aromatic N) is 3. The third kappa shape index (κ3) is 3.45. The molecular weight excluding hydrogens is 236 g/mol. The molecular formula is C15H26N4. The van der Waals surface area contributed by atoms with E-state index >= 15 is 0 Å². The summed E-state index contributed by atoms with van der Waals surface area (Å²) in [6, 6.07) is 4.79. The van der Waals surface area contributed by atoms with Crippen molar-refractivity contribution in [2.75, 3.05) is 31.6 Å². The third-order valence-corrected chi connectivity index (χ3v) is 4.21. The Morgan fingerprint density at radius 2 is 2.16 bits per heavy atom. The van der Waals surface area contributed by atoms with E-state index in [1.54, 1.807) is 0 Å². The Morgan fingerprint density at radius 1 is 1.47 bits per heavy atom. The molecule has 1 saturated heterocycles. The minimum absolute atomic E-state index is 0.0667. The molecule has 0 amide bonds. The monoisotopic (exact) mass is 262 g/mol. The van der Waals surface area contributed by atoms with Crippen LogP contribution in [0, 0.1) is 0 Å². The topological polar surface area (TPSA) is 45.4 Å². The number of pyridine rings is 1. The van der Waals surface area contributed by atoms with Gasteiger partial charge in [-0.3, -0.25) is 0 Å². The number of nitrogens with two attached hydrogens (primary N) is 1. The Morgan fingerprint density at radius 3 is 2.74 bits per heavy atom. The van der Waals surface area contributed by atoms with Gasteiger partial charge in [-0.2, -0.15) is 0 Å². The fraction of sp³-hybridized carbons (Fsp3) is 0.667. The van der Waals surface area contributed by atoms with E-state index in [1.807, 2.05) is 19.2 Å². The van der Waals surface area contributed by atoms with Crippen LogP contribution in [0.3, 0.4) is 0 Å². The van der Waals surface area contributed by atoms with E-state index in [0.29, 0.717) is 6.04 Å². The molecule has 0 spiro atoms. The molecule has 0 unspecified atom stereocenters. The molecule has 1 atom stereocenters. The normalized spacial score (nSPS) is 19.4. The number of piperidine rings is 1. The zero-order valence-electron chi connectivity index (χ0n) is 12.3. The fourth-order valence-electron chi connectivity index (χ4n) is 2.72. The summed E-state index contributed by atoms with van der Waals surface area (Å²) in [4.78, 5) is 9.32. The summed E-state index contributed by atoms with van der Waals surface area (Å²) in [6.07, 6.45) is 4.30. The van der Waals surface area contributed by atoms with E-state index in [1.165, 1.54) is 25.9 Å². The Kier molecular flexibility index (Phi) is 4.77. The van der Waals surface area contributed by atoms with Crippen molar-refractivity contribution in [3.63, 3.8) is 0 Å². The number of anilines is 1. The van der Waals surface area contributed by atoms with Crippen molar-refractivity contribution >= 4 is 5.82 Å².